The molecule has 0 aromatic heterocycles. The Labute approximate surface area is 102 Å². The van der Waals surface area contributed by atoms with Gasteiger partial charge in [0.2, 0.25) is 0 Å². The lowest BCUT2D eigenvalue weighted by Crippen LogP contribution is -1.97. The molecule has 0 N–H and O–H groups in total. The number of allylic oxidation sites excluding steroid dienone is 5. The molecule has 92 valence electrons. The van der Waals surface area contributed by atoms with Crippen LogP contribution in [0.15, 0.2) is 34.9 Å². The van der Waals surface area contributed by atoms with E-state index in [0.717, 1.165) is 12.8 Å². The van der Waals surface area contributed by atoms with Crippen LogP contribution in [0.1, 0.15) is 60.8 Å². The normalized spacial score (nSPS) is 12.4. The van der Waals surface area contributed by atoms with Crippen molar-refractivity contribution in [1.82, 2.24) is 0 Å². The van der Waals surface area contributed by atoms with Gasteiger partial charge in [-0.1, -0.05) is 42.2 Å². The molecule has 0 spiro atoms. The van der Waals surface area contributed by atoms with Crippen molar-refractivity contribution < 1.29 is 0 Å². The molecule has 0 rings (SSSR count). The number of rotatable bonds is 6. The van der Waals surface area contributed by atoms with E-state index in [1.54, 1.807) is 11.1 Å². The molecular weight excluding hydrogens is 192 g/mol. The quantitative estimate of drug-likeness (QED) is 0.506. The highest BCUT2D eigenvalue weighted by Gasteiger charge is 2.05. The van der Waals surface area contributed by atoms with Gasteiger partial charge >= 0.3 is 0 Å². The van der Waals surface area contributed by atoms with Gasteiger partial charge in [0.15, 0.2) is 0 Å². The first kappa shape index (κ1) is 15.2. The predicted molar refractivity (Wildman–Crippen MR) is 75.6 cm³/mol. The molecule has 0 saturated carbocycles. The molecule has 0 aliphatic rings. The lowest BCUT2D eigenvalue weighted by Gasteiger charge is -2.14. The Morgan fingerprint density at radius 2 is 1.62 bits per heavy atom. The van der Waals surface area contributed by atoms with Crippen LogP contribution in [0.25, 0.3) is 0 Å². The summed E-state index contributed by atoms with van der Waals surface area (Å²) in [6, 6.07) is 0. The van der Waals surface area contributed by atoms with Crippen LogP contribution in [0.2, 0.25) is 0 Å². The number of hydrogen-bond donors (Lipinski definition) is 0. The van der Waals surface area contributed by atoms with E-state index in [9.17, 15) is 0 Å². The van der Waals surface area contributed by atoms with Gasteiger partial charge < -0.3 is 0 Å². The van der Waals surface area contributed by atoms with E-state index in [0.29, 0.717) is 5.92 Å². The summed E-state index contributed by atoms with van der Waals surface area (Å²) in [6.07, 6.45) is 5.73. The van der Waals surface area contributed by atoms with E-state index in [1.165, 1.54) is 17.6 Å². The second-order valence-corrected chi connectivity index (χ2v) is 5.38. The van der Waals surface area contributed by atoms with Crippen LogP contribution in [0, 0.1) is 5.92 Å². The molecule has 0 heteroatoms. The lowest BCUT2D eigenvalue weighted by molar-refractivity contribution is 0.731. The standard InChI is InChI=1S/C16H28/c1-12(2)8-10-16(11-9-13(3)4)15(7)14(5)6/h9,14H,1,8,10-11H2,2-7H3. The summed E-state index contributed by atoms with van der Waals surface area (Å²) in [6.45, 7) is 17.3. The fourth-order valence-electron chi connectivity index (χ4n) is 1.56. The third kappa shape index (κ3) is 6.66. The third-order valence-electron chi connectivity index (χ3n) is 3.03. The van der Waals surface area contributed by atoms with Gasteiger partial charge in [0.25, 0.3) is 0 Å². The SMILES string of the molecule is C=C(C)CCC(CC=C(C)C)=C(C)C(C)C. The van der Waals surface area contributed by atoms with Gasteiger partial charge in [-0.3, -0.25) is 0 Å². The fourth-order valence-corrected chi connectivity index (χ4v) is 1.56. The Balaban J connectivity index is 4.70. The van der Waals surface area contributed by atoms with Crippen molar-refractivity contribution in [2.75, 3.05) is 0 Å². The van der Waals surface area contributed by atoms with Crippen molar-refractivity contribution in [3.05, 3.63) is 34.9 Å². The zero-order chi connectivity index (χ0) is 12.7. The fraction of sp³-hybridized carbons (Fsp3) is 0.625. The van der Waals surface area contributed by atoms with E-state index in [2.05, 4.69) is 54.2 Å². The average molecular weight is 220 g/mol. The van der Waals surface area contributed by atoms with Crippen LogP contribution in [-0.4, -0.2) is 0 Å². The van der Waals surface area contributed by atoms with Crippen LogP contribution < -0.4 is 0 Å². The van der Waals surface area contributed by atoms with Gasteiger partial charge in [-0.05, 0) is 52.9 Å². The van der Waals surface area contributed by atoms with E-state index in [4.69, 9.17) is 0 Å². The minimum absolute atomic E-state index is 0.658. The molecule has 0 atom stereocenters. The maximum atomic E-state index is 3.99. The molecule has 0 aliphatic carbocycles. The predicted octanol–water partition coefficient (Wildman–Crippen LogP) is 5.67. The Bertz CT molecular complexity index is 283. The van der Waals surface area contributed by atoms with Crippen LogP contribution in [-0.2, 0) is 0 Å². The Morgan fingerprint density at radius 3 is 2.00 bits per heavy atom. The maximum Gasteiger partial charge on any atom is -0.0134 e. The maximum absolute atomic E-state index is 3.99. The summed E-state index contributed by atoms with van der Waals surface area (Å²) in [5, 5.41) is 0. The monoisotopic (exact) mass is 220 g/mol. The van der Waals surface area contributed by atoms with Crippen LogP contribution in [0.5, 0.6) is 0 Å². The summed E-state index contributed by atoms with van der Waals surface area (Å²) >= 11 is 0. The molecule has 0 nitrogen and oxygen atoms in total. The highest BCUT2D eigenvalue weighted by atomic mass is 14.1. The molecule has 0 aromatic carbocycles. The number of hydrogen-bond acceptors (Lipinski definition) is 0. The average Bonchev–Trinajstić information content (AvgIpc) is 2.16. The Morgan fingerprint density at radius 1 is 1.06 bits per heavy atom. The van der Waals surface area contributed by atoms with Crippen LogP contribution in [0.3, 0.4) is 0 Å². The Kier molecular flexibility index (Phi) is 7.12. The van der Waals surface area contributed by atoms with E-state index in [-0.39, 0.29) is 0 Å². The highest BCUT2D eigenvalue weighted by molar-refractivity contribution is 5.19. The summed E-state index contributed by atoms with van der Waals surface area (Å²) in [5.41, 5.74) is 5.84. The summed E-state index contributed by atoms with van der Waals surface area (Å²) in [5.74, 6) is 0.658. The molecule has 0 heterocycles. The van der Waals surface area contributed by atoms with Crippen molar-refractivity contribution in [3.8, 4) is 0 Å². The third-order valence-corrected chi connectivity index (χ3v) is 3.03. The van der Waals surface area contributed by atoms with Crippen molar-refractivity contribution in [1.29, 1.82) is 0 Å². The van der Waals surface area contributed by atoms with Crippen LogP contribution >= 0.6 is 0 Å². The summed E-state index contributed by atoms with van der Waals surface area (Å²) in [4.78, 5) is 0. The van der Waals surface area contributed by atoms with Gasteiger partial charge in [0.05, 0.1) is 0 Å². The smallest absolute Gasteiger partial charge is 0.0134 e. The van der Waals surface area contributed by atoms with E-state index >= 15 is 0 Å². The molecular formula is C16H28. The zero-order valence-electron chi connectivity index (χ0n) is 12.0. The van der Waals surface area contributed by atoms with Crippen molar-refractivity contribution >= 4 is 0 Å². The molecule has 0 amide bonds. The molecule has 0 aliphatic heterocycles. The van der Waals surface area contributed by atoms with E-state index in [1.807, 2.05) is 0 Å². The van der Waals surface area contributed by atoms with Crippen molar-refractivity contribution in [2.45, 2.75) is 60.8 Å². The second-order valence-electron chi connectivity index (χ2n) is 5.38. The molecule has 0 saturated heterocycles. The lowest BCUT2D eigenvalue weighted by atomic mass is 9.92. The van der Waals surface area contributed by atoms with Crippen molar-refractivity contribution in [2.24, 2.45) is 5.92 Å². The van der Waals surface area contributed by atoms with Gasteiger partial charge in [-0.15, -0.1) is 6.58 Å². The van der Waals surface area contributed by atoms with E-state index < -0.39 is 0 Å². The largest absolute Gasteiger partial charge is 0.100 e. The second kappa shape index (κ2) is 7.49. The van der Waals surface area contributed by atoms with Gasteiger partial charge in [0, 0.05) is 0 Å². The van der Waals surface area contributed by atoms with Gasteiger partial charge in [-0.25, -0.2) is 0 Å². The highest BCUT2D eigenvalue weighted by Crippen LogP contribution is 2.23. The molecule has 16 heavy (non-hydrogen) atoms. The first-order chi connectivity index (χ1) is 7.34. The molecule has 0 fully saturated rings. The first-order valence-corrected chi connectivity index (χ1v) is 6.30. The van der Waals surface area contributed by atoms with Gasteiger partial charge in [-0.2, -0.15) is 0 Å². The first-order valence-electron chi connectivity index (χ1n) is 6.30. The zero-order valence-corrected chi connectivity index (χ0v) is 12.0. The molecule has 0 radical (unpaired) electrons. The molecule has 0 aromatic rings. The van der Waals surface area contributed by atoms with Crippen molar-refractivity contribution in [3.63, 3.8) is 0 Å². The summed E-state index contributed by atoms with van der Waals surface area (Å²) < 4.78 is 0. The minimum Gasteiger partial charge on any atom is -0.100 e. The molecule has 0 bridgehead atoms. The molecule has 0 unspecified atom stereocenters. The van der Waals surface area contributed by atoms with Gasteiger partial charge in [0.1, 0.15) is 0 Å². The Hall–Kier alpha value is -0.780. The van der Waals surface area contributed by atoms with Crippen LogP contribution in [0.4, 0.5) is 0 Å². The summed E-state index contributed by atoms with van der Waals surface area (Å²) in [7, 11) is 0. The topological polar surface area (TPSA) is 0 Å². The minimum atomic E-state index is 0.658.